The fourth-order valence-corrected chi connectivity index (χ4v) is 1.87. The molecule has 0 atom stereocenters. The van der Waals surface area contributed by atoms with Gasteiger partial charge in [0.25, 0.3) is 5.89 Å². The van der Waals surface area contributed by atoms with Crippen LogP contribution in [-0.2, 0) is 0 Å². The minimum absolute atomic E-state index is 0.00288. The maximum Gasteiger partial charge on any atom is 0.262 e. The van der Waals surface area contributed by atoms with Crippen LogP contribution in [0, 0.1) is 6.92 Å². The molecule has 3 N–H and O–H groups in total. The summed E-state index contributed by atoms with van der Waals surface area (Å²) < 4.78 is 5.19. The van der Waals surface area contributed by atoms with E-state index in [1.54, 1.807) is 24.5 Å². The van der Waals surface area contributed by atoms with Crippen molar-refractivity contribution in [1.29, 1.82) is 0 Å². The van der Waals surface area contributed by atoms with Gasteiger partial charge in [0.1, 0.15) is 5.75 Å². The van der Waals surface area contributed by atoms with Gasteiger partial charge in [-0.25, -0.2) is 0 Å². The van der Waals surface area contributed by atoms with Crippen molar-refractivity contribution in [3.8, 4) is 28.6 Å². The summed E-state index contributed by atoms with van der Waals surface area (Å²) in [4.78, 5) is 8.33. The summed E-state index contributed by atoms with van der Waals surface area (Å²) in [6.07, 6.45) is 3.37. The number of aromatic nitrogens is 3. The lowest BCUT2D eigenvalue weighted by Crippen LogP contribution is -1.87. The van der Waals surface area contributed by atoms with Crippen molar-refractivity contribution in [2.24, 2.45) is 0 Å². The molecule has 0 aliphatic heterocycles. The maximum atomic E-state index is 9.86. The van der Waals surface area contributed by atoms with E-state index < -0.39 is 0 Å². The summed E-state index contributed by atoms with van der Waals surface area (Å²) in [5, 5.41) is 13.8. The third-order valence-electron chi connectivity index (χ3n) is 2.96. The van der Waals surface area contributed by atoms with Gasteiger partial charge in [0.2, 0.25) is 5.82 Å². The number of rotatable bonds is 2. The zero-order valence-electron chi connectivity index (χ0n) is 10.7. The number of nitrogens with zero attached hydrogens (tertiary/aromatic N) is 3. The van der Waals surface area contributed by atoms with Crippen LogP contribution in [0.1, 0.15) is 5.56 Å². The van der Waals surface area contributed by atoms with E-state index in [0.29, 0.717) is 17.1 Å². The molecule has 6 nitrogen and oxygen atoms in total. The molecule has 20 heavy (non-hydrogen) atoms. The molecule has 6 heteroatoms. The van der Waals surface area contributed by atoms with Gasteiger partial charge in [-0.1, -0.05) is 5.16 Å². The number of phenols is 1. The Morgan fingerprint density at radius 3 is 2.80 bits per heavy atom. The summed E-state index contributed by atoms with van der Waals surface area (Å²) in [7, 11) is 0. The zero-order valence-corrected chi connectivity index (χ0v) is 10.7. The summed E-state index contributed by atoms with van der Waals surface area (Å²) in [6.45, 7) is 1.94. The fourth-order valence-electron chi connectivity index (χ4n) is 1.87. The molecular weight excluding hydrogens is 256 g/mol. The number of phenolic OH excluding ortho intramolecular Hbond substituents is 1. The fraction of sp³-hybridized carbons (Fsp3) is 0.0714. The van der Waals surface area contributed by atoms with Gasteiger partial charge in [0.15, 0.2) is 0 Å². The predicted octanol–water partition coefficient (Wildman–Crippen LogP) is 2.39. The van der Waals surface area contributed by atoms with Crippen LogP contribution >= 0.6 is 0 Å². The predicted molar refractivity (Wildman–Crippen MR) is 73.8 cm³/mol. The largest absolute Gasteiger partial charge is 0.507 e. The molecule has 0 saturated carbocycles. The molecule has 0 bridgehead atoms. The van der Waals surface area contributed by atoms with Gasteiger partial charge in [0, 0.05) is 29.7 Å². The SMILES string of the molecule is Cc1ccncc1-c1noc(-c2ccc(N)cc2O)n1. The zero-order chi connectivity index (χ0) is 14.1. The van der Waals surface area contributed by atoms with Crippen molar-refractivity contribution in [2.45, 2.75) is 6.92 Å². The number of aromatic hydroxyl groups is 1. The van der Waals surface area contributed by atoms with E-state index in [-0.39, 0.29) is 11.6 Å². The van der Waals surface area contributed by atoms with Crippen molar-refractivity contribution in [1.82, 2.24) is 15.1 Å². The normalized spacial score (nSPS) is 10.7. The van der Waals surface area contributed by atoms with Crippen LogP contribution in [-0.4, -0.2) is 20.2 Å². The number of hydrogen-bond acceptors (Lipinski definition) is 6. The van der Waals surface area contributed by atoms with Crippen LogP contribution in [0.15, 0.2) is 41.2 Å². The van der Waals surface area contributed by atoms with Crippen LogP contribution in [0.3, 0.4) is 0 Å². The van der Waals surface area contributed by atoms with Crippen molar-refractivity contribution < 1.29 is 9.63 Å². The van der Waals surface area contributed by atoms with Crippen LogP contribution in [0.4, 0.5) is 5.69 Å². The van der Waals surface area contributed by atoms with Gasteiger partial charge in [0.05, 0.1) is 5.56 Å². The van der Waals surface area contributed by atoms with E-state index in [4.69, 9.17) is 10.3 Å². The van der Waals surface area contributed by atoms with Crippen molar-refractivity contribution in [3.05, 3.63) is 42.2 Å². The number of anilines is 1. The standard InChI is InChI=1S/C14H12N4O2/c1-8-4-5-16-7-11(8)13-17-14(20-18-13)10-3-2-9(15)6-12(10)19/h2-7,19H,15H2,1H3. The second-order valence-electron chi connectivity index (χ2n) is 4.39. The molecular formula is C14H12N4O2. The second kappa shape index (κ2) is 4.65. The van der Waals surface area contributed by atoms with Crippen LogP contribution < -0.4 is 5.73 Å². The third kappa shape index (κ3) is 2.07. The molecule has 0 aliphatic carbocycles. The highest BCUT2D eigenvalue weighted by atomic mass is 16.5. The third-order valence-corrected chi connectivity index (χ3v) is 2.96. The monoisotopic (exact) mass is 268 g/mol. The molecule has 100 valence electrons. The van der Waals surface area contributed by atoms with Crippen LogP contribution in [0.5, 0.6) is 5.75 Å². The van der Waals surface area contributed by atoms with Gasteiger partial charge >= 0.3 is 0 Å². The number of nitrogen functional groups attached to an aromatic ring is 1. The Kier molecular flexibility index (Phi) is 2.83. The molecule has 0 saturated heterocycles. The highest BCUT2D eigenvalue weighted by Crippen LogP contribution is 2.31. The Morgan fingerprint density at radius 1 is 1.20 bits per heavy atom. The lowest BCUT2D eigenvalue weighted by Gasteiger charge is -2.00. The van der Waals surface area contributed by atoms with Crippen LogP contribution in [0.25, 0.3) is 22.8 Å². The molecule has 1 aromatic carbocycles. The number of pyridine rings is 1. The number of aryl methyl sites for hydroxylation is 1. The Morgan fingerprint density at radius 2 is 2.05 bits per heavy atom. The Balaban J connectivity index is 2.04. The highest BCUT2D eigenvalue weighted by Gasteiger charge is 2.15. The number of benzene rings is 1. The average Bonchev–Trinajstić information content (AvgIpc) is 2.88. The summed E-state index contributed by atoms with van der Waals surface area (Å²) in [5.74, 6) is 0.672. The maximum absolute atomic E-state index is 9.86. The van der Waals surface area contributed by atoms with E-state index in [9.17, 15) is 5.11 Å². The molecule has 0 unspecified atom stereocenters. The lowest BCUT2D eigenvalue weighted by atomic mass is 10.1. The molecule has 3 rings (SSSR count). The van der Waals surface area contributed by atoms with E-state index in [1.807, 2.05) is 13.0 Å². The number of nitrogens with two attached hydrogens (primary N) is 1. The topological polar surface area (TPSA) is 98.1 Å². The molecule has 0 fully saturated rings. The van der Waals surface area contributed by atoms with Gasteiger partial charge in [-0.05, 0) is 30.7 Å². The van der Waals surface area contributed by atoms with Gasteiger partial charge < -0.3 is 15.4 Å². The second-order valence-corrected chi connectivity index (χ2v) is 4.39. The van der Waals surface area contributed by atoms with E-state index >= 15 is 0 Å². The van der Waals surface area contributed by atoms with Gasteiger partial charge in [-0.15, -0.1) is 0 Å². The van der Waals surface area contributed by atoms with E-state index in [2.05, 4.69) is 15.1 Å². The van der Waals surface area contributed by atoms with Crippen molar-refractivity contribution in [2.75, 3.05) is 5.73 Å². The first-order chi connectivity index (χ1) is 9.65. The Labute approximate surface area is 114 Å². The first-order valence-corrected chi connectivity index (χ1v) is 5.98. The lowest BCUT2D eigenvalue weighted by molar-refractivity contribution is 0.426. The molecule has 3 aromatic rings. The first kappa shape index (κ1) is 12.2. The Hall–Kier alpha value is -2.89. The molecule has 0 radical (unpaired) electrons. The summed E-state index contributed by atoms with van der Waals surface area (Å²) in [6, 6.07) is 6.60. The smallest absolute Gasteiger partial charge is 0.262 e. The molecule has 0 spiro atoms. The quantitative estimate of drug-likeness (QED) is 0.692. The van der Waals surface area contributed by atoms with Crippen molar-refractivity contribution >= 4 is 5.69 Å². The summed E-state index contributed by atoms with van der Waals surface area (Å²) in [5.41, 5.74) is 8.28. The van der Waals surface area contributed by atoms with Gasteiger partial charge in [-0.2, -0.15) is 4.98 Å². The highest BCUT2D eigenvalue weighted by molar-refractivity contribution is 5.68. The van der Waals surface area contributed by atoms with Gasteiger partial charge in [-0.3, -0.25) is 4.98 Å². The molecule has 2 aromatic heterocycles. The first-order valence-electron chi connectivity index (χ1n) is 5.98. The molecule has 0 amide bonds. The van der Waals surface area contributed by atoms with E-state index in [1.165, 1.54) is 6.07 Å². The van der Waals surface area contributed by atoms with Crippen LogP contribution in [0.2, 0.25) is 0 Å². The molecule has 0 aliphatic rings. The Bertz CT molecular complexity index is 767. The average molecular weight is 268 g/mol. The minimum Gasteiger partial charge on any atom is -0.507 e. The van der Waals surface area contributed by atoms with E-state index in [0.717, 1.165) is 11.1 Å². The molecule has 2 heterocycles. The minimum atomic E-state index is 0.00288. The summed E-state index contributed by atoms with van der Waals surface area (Å²) >= 11 is 0. The number of hydrogen-bond donors (Lipinski definition) is 2. The van der Waals surface area contributed by atoms with Crippen molar-refractivity contribution in [3.63, 3.8) is 0 Å².